The van der Waals surface area contributed by atoms with Gasteiger partial charge in [-0.05, 0) is 43.5 Å². The van der Waals surface area contributed by atoms with Gasteiger partial charge in [0.1, 0.15) is 23.9 Å². The van der Waals surface area contributed by atoms with Gasteiger partial charge in [0.25, 0.3) is 5.91 Å². The fourth-order valence-electron chi connectivity index (χ4n) is 3.88. The van der Waals surface area contributed by atoms with Crippen LogP contribution in [-0.4, -0.2) is 69.1 Å². The number of hydrogen-bond donors (Lipinski definition) is 0. The molecule has 32 heavy (non-hydrogen) atoms. The summed E-state index contributed by atoms with van der Waals surface area (Å²) in [6.45, 7) is 4.06. The predicted octanol–water partition coefficient (Wildman–Crippen LogP) is 3.40. The summed E-state index contributed by atoms with van der Waals surface area (Å²) in [7, 11) is 4.93. The number of carbonyl (C=O) groups excluding carboxylic acids is 2. The van der Waals surface area contributed by atoms with Crippen LogP contribution in [0, 0.1) is 12.8 Å². The predicted molar refractivity (Wildman–Crippen MR) is 122 cm³/mol. The molecule has 0 aliphatic carbocycles. The largest absolute Gasteiger partial charge is 0.497 e. The lowest BCUT2D eigenvalue weighted by molar-refractivity contribution is -0.135. The second-order valence-corrected chi connectivity index (χ2v) is 8.04. The first-order chi connectivity index (χ1) is 15.4. The number of carbonyl (C=O) groups is 2. The molecule has 0 spiro atoms. The summed E-state index contributed by atoms with van der Waals surface area (Å²) in [6.07, 6.45) is 1.29. The summed E-state index contributed by atoms with van der Waals surface area (Å²) in [6, 6.07) is 13.0. The minimum atomic E-state index is -0.0812. The number of para-hydroxylation sites is 1. The Balaban J connectivity index is 1.49. The summed E-state index contributed by atoms with van der Waals surface area (Å²) in [5.74, 6) is 1.94. The average molecular weight is 441 g/mol. The molecular weight excluding hydrogens is 408 g/mol. The molecule has 0 unspecified atom stereocenters. The maximum absolute atomic E-state index is 13.0. The molecule has 3 rings (SSSR count). The summed E-state index contributed by atoms with van der Waals surface area (Å²) in [5.41, 5.74) is 1.60. The van der Waals surface area contributed by atoms with E-state index in [-0.39, 0.29) is 17.7 Å². The molecule has 1 fully saturated rings. The highest BCUT2D eigenvalue weighted by molar-refractivity contribution is 5.95. The molecule has 7 heteroatoms. The van der Waals surface area contributed by atoms with Crippen LogP contribution in [0.2, 0.25) is 0 Å². The molecule has 172 valence electrons. The number of likely N-dealkylation sites (tertiary alicyclic amines) is 1. The molecule has 1 heterocycles. The Kier molecular flexibility index (Phi) is 7.98. The minimum absolute atomic E-state index is 0.0758. The van der Waals surface area contributed by atoms with Crippen molar-refractivity contribution in [1.29, 1.82) is 0 Å². The van der Waals surface area contributed by atoms with Crippen molar-refractivity contribution in [3.63, 3.8) is 0 Å². The molecule has 1 aliphatic heterocycles. The van der Waals surface area contributed by atoms with Gasteiger partial charge in [-0.1, -0.05) is 18.2 Å². The highest BCUT2D eigenvalue weighted by Crippen LogP contribution is 2.26. The number of methoxy groups -OCH3 is 2. The number of benzene rings is 2. The molecule has 1 aliphatic rings. The zero-order valence-electron chi connectivity index (χ0n) is 19.3. The lowest BCUT2D eigenvalue weighted by atomic mass is 9.95. The van der Waals surface area contributed by atoms with Crippen molar-refractivity contribution < 1.29 is 23.8 Å². The van der Waals surface area contributed by atoms with Crippen molar-refractivity contribution >= 4 is 11.8 Å². The lowest BCUT2D eigenvalue weighted by Crippen LogP contribution is -2.44. The molecule has 2 amide bonds. The molecule has 2 aromatic rings. The Hall–Kier alpha value is -3.22. The summed E-state index contributed by atoms with van der Waals surface area (Å²) >= 11 is 0. The van der Waals surface area contributed by atoms with Gasteiger partial charge in [0, 0.05) is 37.7 Å². The van der Waals surface area contributed by atoms with Gasteiger partial charge < -0.3 is 24.0 Å². The van der Waals surface area contributed by atoms with Crippen molar-refractivity contribution in [2.45, 2.75) is 19.8 Å². The van der Waals surface area contributed by atoms with E-state index in [4.69, 9.17) is 14.2 Å². The second kappa shape index (κ2) is 10.9. The van der Waals surface area contributed by atoms with Crippen LogP contribution >= 0.6 is 0 Å². The fourth-order valence-corrected chi connectivity index (χ4v) is 3.88. The Morgan fingerprint density at radius 2 is 1.66 bits per heavy atom. The maximum Gasteiger partial charge on any atom is 0.254 e. The number of hydrogen-bond acceptors (Lipinski definition) is 5. The Labute approximate surface area is 189 Å². The van der Waals surface area contributed by atoms with Gasteiger partial charge in [0.2, 0.25) is 5.91 Å². The minimum Gasteiger partial charge on any atom is -0.497 e. The molecule has 0 radical (unpaired) electrons. The Morgan fingerprint density at radius 1 is 1.03 bits per heavy atom. The van der Waals surface area contributed by atoms with Crippen molar-refractivity contribution in [1.82, 2.24) is 9.80 Å². The van der Waals surface area contributed by atoms with Crippen molar-refractivity contribution in [2.75, 3.05) is 47.5 Å². The zero-order chi connectivity index (χ0) is 23.1. The third-order valence-corrected chi connectivity index (χ3v) is 5.88. The summed E-state index contributed by atoms with van der Waals surface area (Å²) in [5, 5.41) is 0. The van der Waals surface area contributed by atoms with Crippen LogP contribution in [-0.2, 0) is 4.79 Å². The molecule has 0 bridgehead atoms. The number of nitrogens with zero attached hydrogens (tertiary/aromatic N) is 2. The van der Waals surface area contributed by atoms with E-state index in [0.717, 1.165) is 11.3 Å². The quantitative estimate of drug-likeness (QED) is 0.629. The standard InChI is InChI=1S/C25H32N2O5/c1-18-7-5-6-8-23(18)32-14-13-26(2)24(28)19-9-11-27(12-10-19)25(29)20-15-21(30-3)17-22(16-20)31-4/h5-8,15-17,19H,9-14H2,1-4H3. The van der Waals surface area contributed by atoms with Gasteiger partial charge in [0.05, 0.1) is 20.8 Å². The normalized spacial score (nSPS) is 14.1. The van der Waals surface area contributed by atoms with E-state index in [0.29, 0.717) is 56.1 Å². The van der Waals surface area contributed by atoms with E-state index in [1.54, 1.807) is 42.2 Å². The van der Waals surface area contributed by atoms with E-state index >= 15 is 0 Å². The van der Waals surface area contributed by atoms with E-state index < -0.39 is 0 Å². The molecule has 2 aromatic carbocycles. The van der Waals surface area contributed by atoms with Crippen LogP contribution in [0.1, 0.15) is 28.8 Å². The Morgan fingerprint density at radius 3 is 2.25 bits per heavy atom. The van der Waals surface area contributed by atoms with Crippen molar-refractivity contribution in [3.8, 4) is 17.2 Å². The van der Waals surface area contributed by atoms with E-state index in [1.807, 2.05) is 38.2 Å². The second-order valence-electron chi connectivity index (χ2n) is 8.04. The van der Waals surface area contributed by atoms with Gasteiger partial charge in [-0.25, -0.2) is 0 Å². The number of aryl methyl sites for hydroxylation is 1. The topological polar surface area (TPSA) is 68.3 Å². The van der Waals surface area contributed by atoms with Crippen LogP contribution in [0.15, 0.2) is 42.5 Å². The van der Waals surface area contributed by atoms with Crippen LogP contribution in [0.25, 0.3) is 0 Å². The van der Waals surface area contributed by atoms with Crippen molar-refractivity contribution in [3.05, 3.63) is 53.6 Å². The van der Waals surface area contributed by atoms with Gasteiger partial charge in [-0.15, -0.1) is 0 Å². The molecule has 0 atom stereocenters. The highest BCUT2D eigenvalue weighted by Gasteiger charge is 2.29. The van der Waals surface area contributed by atoms with E-state index in [9.17, 15) is 9.59 Å². The number of piperidine rings is 1. The summed E-state index contributed by atoms with van der Waals surface area (Å²) < 4.78 is 16.3. The molecule has 1 saturated heterocycles. The molecule has 0 N–H and O–H groups in total. The number of ether oxygens (including phenoxy) is 3. The van der Waals surface area contributed by atoms with Gasteiger partial charge in [0.15, 0.2) is 0 Å². The third kappa shape index (κ3) is 5.72. The number of amides is 2. The van der Waals surface area contributed by atoms with Crippen LogP contribution < -0.4 is 14.2 Å². The zero-order valence-corrected chi connectivity index (χ0v) is 19.3. The number of likely N-dealkylation sites (N-methyl/N-ethyl adjacent to an activating group) is 1. The molecule has 0 aromatic heterocycles. The smallest absolute Gasteiger partial charge is 0.254 e. The van der Waals surface area contributed by atoms with Crippen LogP contribution in [0.5, 0.6) is 17.2 Å². The average Bonchev–Trinajstić information content (AvgIpc) is 2.83. The fraction of sp³-hybridized carbons (Fsp3) is 0.440. The van der Waals surface area contributed by atoms with Gasteiger partial charge in [-0.2, -0.15) is 0 Å². The SMILES string of the molecule is COc1cc(OC)cc(C(=O)N2CCC(C(=O)N(C)CCOc3ccccc3C)CC2)c1. The van der Waals surface area contributed by atoms with Gasteiger partial charge >= 0.3 is 0 Å². The maximum atomic E-state index is 13.0. The molecular formula is C25H32N2O5. The molecule has 0 saturated carbocycles. The first-order valence-electron chi connectivity index (χ1n) is 10.9. The Bertz CT molecular complexity index is 915. The monoisotopic (exact) mass is 440 g/mol. The first kappa shape index (κ1) is 23.4. The number of rotatable bonds is 8. The summed E-state index contributed by atoms with van der Waals surface area (Å²) in [4.78, 5) is 29.3. The lowest BCUT2D eigenvalue weighted by Gasteiger charge is -2.33. The van der Waals surface area contributed by atoms with Crippen molar-refractivity contribution in [2.24, 2.45) is 5.92 Å². The van der Waals surface area contributed by atoms with Crippen LogP contribution in [0.3, 0.4) is 0 Å². The third-order valence-electron chi connectivity index (χ3n) is 5.88. The highest BCUT2D eigenvalue weighted by atomic mass is 16.5. The molecule has 7 nitrogen and oxygen atoms in total. The van der Waals surface area contributed by atoms with Gasteiger partial charge in [-0.3, -0.25) is 9.59 Å². The first-order valence-corrected chi connectivity index (χ1v) is 10.9. The van der Waals surface area contributed by atoms with E-state index in [2.05, 4.69) is 0 Å². The van der Waals surface area contributed by atoms with Crippen LogP contribution in [0.4, 0.5) is 0 Å². The van der Waals surface area contributed by atoms with E-state index in [1.165, 1.54) is 0 Å².